The molecule has 0 bridgehead atoms. The number of aromatic nitrogens is 1. The maximum absolute atomic E-state index is 13.2. The molecule has 0 unspecified atom stereocenters. The number of carbonyl (C=O) groups excluding carboxylic acids is 3. The van der Waals surface area contributed by atoms with Crippen molar-refractivity contribution in [1.82, 2.24) is 9.47 Å². The molecule has 6 nitrogen and oxygen atoms in total. The average molecular weight is 407 g/mol. The fourth-order valence-corrected chi connectivity index (χ4v) is 4.06. The number of carbonyl (C=O) groups is 3. The number of hydrogen-bond acceptors (Lipinski definition) is 4. The van der Waals surface area contributed by atoms with Crippen molar-refractivity contribution in [2.45, 2.75) is 80.2 Å². The Bertz CT molecular complexity index is 721. The van der Waals surface area contributed by atoms with Crippen LogP contribution in [0.5, 0.6) is 0 Å². The molecular weight excluding hydrogens is 368 g/mol. The van der Waals surface area contributed by atoms with Gasteiger partial charge in [0.2, 0.25) is 5.91 Å². The highest BCUT2D eigenvalue weighted by Crippen LogP contribution is 2.25. The van der Waals surface area contributed by atoms with Gasteiger partial charge in [-0.3, -0.25) is 9.59 Å². The van der Waals surface area contributed by atoms with Gasteiger partial charge in [-0.15, -0.1) is 0 Å². The van der Waals surface area contributed by atoms with Gasteiger partial charge >= 0.3 is 5.97 Å². The summed E-state index contributed by atoms with van der Waals surface area (Å²) in [7, 11) is 1.34. The van der Waals surface area contributed by atoms with Crippen molar-refractivity contribution in [3.05, 3.63) is 22.5 Å². The summed E-state index contributed by atoms with van der Waals surface area (Å²) in [6.07, 6.45) is 4.50. The van der Waals surface area contributed by atoms with Crippen molar-refractivity contribution in [2.24, 2.45) is 5.92 Å². The second kappa shape index (κ2) is 11.8. The van der Waals surface area contributed by atoms with E-state index in [9.17, 15) is 14.4 Å². The van der Waals surface area contributed by atoms with Gasteiger partial charge < -0.3 is 14.2 Å². The quantitative estimate of drug-likeness (QED) is 0.377. The second-order valence-electron chi connectivity index (χ2n) is 7.60. The maximum Gasteiger partial charge on any atom is 0.354 e. The Morgan fingerprint density at radius 3 is 2.21 bits per heavy atom. The number of unbranched alkanes of at least 4 members (excludes halogenated alkanes) is 1. The van der Waals surface area contributed by atoms with Gasteiger partial charge in [-0.25, -0.2) is 4.79 Å². The van der Waals surface area contributed by atoms with Crippen molar-refractivity contribution >= 4 is 17.7 Å². The number of methoxy groups -OCH3 is 1. The van der Waals surface area contributed by atoms with Crippen LogP contribution in [0, 0.1) is 19.8 Å². The van der Waals surface area contributed by atoms with E-state index in [0.29, 0.717) is 29.9 Å². The first kappa shape index (κ1) is 24.9. The normalized spacial score (nSPS) is 12.0. The van der Waals surface area contributed by atoms with Gasteiger partial charge in [0.25, 0.3) is 0 Å². The molecule has 1 atom stereocenters. The predicted molar refractivity (Wildman–Crippen MR) is 115 cm³/mol. The summed E-state index contributed by atoms with van der Waals surface area (Å²) in [5, 5.41) is 0. The van der Waals surface area contributed by atoms with E-state index in [1.807, 2.05) is 32.3 Å². The second-order valence-corrected chi connectivity index (χ2v) is 7.60. The molecule has 1 rings (SSSR count). The van der Waals surface area contributed by atoms with Crippen LogP contribution in [0.3, 0.4) is 0 Å². The lowest BCUT2D eigenvalue weighted by Gasteiger charge is -2.26. The Kier molecular flexibility index (Phi) is 10.1. The molecule has 0 saturated carbocycles. The summed E-state index contributed by atoms with van der Waals surface area (Å²) in [5.41, 5.74) is 2.32. The van der Waals surface area contributed by atoms with Gasteiger partial charge in [-0.2, -0.15) is 0 Å². The molecule has 0 saturated heterocycles. The molecule has 164 valence electrons. The number of ether oxygens (including phenoxy) is 1. The Balaban J connectivity index is 3.20. The van der Waals surface area contributed by atoms with Crippen LogP contribution in [0.15, 0.2) is 0 Å². The summed E-state index contributed by atoms with van der Waals surface area (Å²) in [6, 6.07) is 0. The summed E-state index contributed by atoms with van der Waals surface area (Å²) >= 11 is 0. The van der Waals surface area contributed by atoms with Crippen LogP contribution in [0.1, 0.15) is 91.9 Å². The summed E-state index contributed by atoms with van der Waals surface area (Å²) < 4.78 is 6.73. The molecule has 6 heteroatoms. The standard InChI is InChI=1S/C23H38N2O4/c1-8-12-13-18(10-3)22(27)24(14-9-2)15-19(26)20-16(5)21(23(28)29-7)25(11-4)17(20)6/h18H,8-15H2,1-7H3/t18-/m0/s1. The lowest BCUT2D eigenvalue weighted by atomic mass is 9.97. The van der Waals surface area contributed by atoms with E-state index in [4.69, 9.17) is 4.74 Å². The van der Waals surface area contributed by atoms with Crippen molar-refractivity contribution < 1.29 is 19.1 Å². The molecule has 0 fully saturated rings. The number of hydrogen-bond donors (Lipinski definition) is 0. The predicted octanol–water partition coefficient (Wildman–Crippen LogP) is 4.55. The van der Waals surface area contributed by atoms with Crippen LogP contribution >= 0.6 is 0 Å². The van der Waals surface area contributed by atoms with E-state index in [1.165, 1.54) is 7.11 Å². The third-order valence-corrected chi connectivity index (χ3v) is 5.63. The van der Waals surface area contributed by atoms with Crippen molar-refractivity contribution in [3.63, 3.8) is 0 Å². The highest BCUT2D eigenvalue weighted by molar-refractivity contribution is 6.04. The Morgan fingerprint density at radius 2 is 1.72 bits per heavy atom. The molecule has 0 N–H and O–H groups in total. The van der Waals surface area contributed by atoms with Crippen LogP contribution in [0.2, 0.25) is 0 Å². The third kappa shape index (κ3) is 5.71. The number of Topliss-reactive ketones (excluding diaryl/α,β-unsaturated/α-hetero) is 1. The zero-order valence-corrected chi connectivity index (χ0v) is 19.3. The van der Waals surface area contributed by atoms with Gasteiger partial charge in [0.15, 0.2) is 5.78 Å². The van der Waals surface area contributed by atoms with E-state index >= 15 is 0 Å². The topological polar surface area (TPSA) is 68.6 Å². The van der Waals surface area contributed by atoms with Crippen molar-refractivity contribution in [3.8, 4) is 0 Å². The highest BCUT2D eigenvalue weighted by Gasteiger charge is 2.29. The molecule has 0 aliphatic heterocycles. The van der Waals surface area contributed by atoms with Gasteiger partial charge in [0, 0.05) is 30.3 Å². The van der Waals surface area contributed by atoms with E-state index in [2.05, 4.69) is 6.92 Å². The Labute approximate surface area is 175 Å². The minimum Gasteiger partial charge on any atom is -0.464 e. The average Bonchev–Trinajstić information content (AvgIpc) is 2.96. The molecule has 1 aromatic rings. The van der Waals surface area contributed by atoms with Crippen LogP contribution < -0.4 is 0 Å². The lowest BCUT2D eigenvalue weighted by Crippen LogP contribution is -2.40. The summed E-state index contributed by atoms with van der Waals surface area (Å²) in [6.45, 7) is 12.9. The molecule has 0 aliphatic carbocycles. The van der Waals surface area contributed by atoms with Gasteiger partial charge in [-0.1, -0.05) is 33.6 Å². The minimum absolute atomic E-state index is 0.0395. The first-order valence-electron chi connectivity index (χ1n) is 10.9. The largest absolute Gasteiger partial charge is 0.464 e. The molecule has 1 aromatic heterocycles. The molecule has 0 spiro atoms. The van der Waals surface area contributed by atoms with E-state index in [0.717, 1.165) is 37.8 Å². The van der Waals surface area contributed by atoms with Crippen LogP contribution in [-0.2, 0) is 16.1 Å². The Hall–Kier alpha value is -2.11. The van der Waals surface area contributed by atoms with Gasteiger partial charge in [0.05, 0.1) is 13.7 Å². The molecule has 0 aliphatic rings. The zero-order chi connectivity index (χ0) is 22.1. The maximum atomic E-state index is 13.2. The molecule has 0 aromatic carbocycles. The molecule has 1 amide bonds. The lowest BCUT2D eigenvalue weighted by molar-refractivity contribution is -0.135. The number of nitrogens with zero attached hydrogens (tertiary/aromatic N) is 2. The van der Waals surface area contributed by atoms with Gasteiger partial charge in [-0.05, 0) is 45.6 Å². The SMILES string of the molecule is CCCC[C@H](CC)C(=O)N(CCC)CC(=O)c1c(C)c(C(=O)OC)n(CC)c1C. The minimum atomic E-state index is -0.446. The third-order valence-electron chi connectivity index (χ3n) is 5.63. The first-order valence-corrected chi connectivity index (χ1v) is 10.9. The number of amides is 1. The van der Waals surface area contributed by atoms with Crippen molar-refractivity contribution in [2.75, 3.05) is 20.2 Å². The van der Waals surface area contributed by atoms with Crippen LogP contribution in [0.4, 0.5) is 0 Å². The number of ketones is 1. The van der Waals surface area contributed by atoms with Gasteiger partial charge in [0.1, 0.15) is 5.69 Å². The fraction of sp³-hybridized carbons (Fsp3) is 0.696. The van der Waals surface area contributed by atoms with E-state index in [-0.39, 0.29) is 24.2 Å². The monoisotopic (exact) mass is 406 g/mol. The van der Waals surface area contributed by atoms with Crippen LogP contribution in [-0.4, -0.2) is 47.3 Å². The smallest absolute Gasteiger partial charge is 0.354 e. The molecular formula is C23H38N2O4. The summed E-state index contributed by atoms with van der Waals surface area (Å²) in [4.78, 5) is 40.3. The number of esters is 1. The van der Waals surface area contributed by atoms with E-state index in [1.54, 1.807) is 11.8 Å². The molecule has 0 radical (unpaired) electrons. The Morgan fingerprint density at radius 1 is 1.07 bits per heavy atom. The highest BCUT2D eigenvalue weighted by atomic mass is 16.5. The number of rotatable bonds is 12. The fourth-order valence-electron chi connectivity index (χ4n) is 4.06. The molecule has 29 heavy (non-hydrogen) atoms. The van der Waals surface area contributed by atoms with E-state index < -0.39 is 5.97 Å². The first-order chi connectivity index (χ1) is 13.8. The van der Waals surface area contributed by atoms with Crippen molar-refractivity contribution in [1.29, 1.82) is 0 Å². The summed E-state index contributed by atoms with van der Waals surface area (Å²) in [5.74, 6) is -0.542. The van der Waals surface area contributed by atoms with Crippen LogP contribution in [0.25, 0.3) is 0 Å². The zero-order valence-electron chi connectivity index (χ0n) is 19.3. The molecule has 1 heterocycles.